The highest BCUT2D eigenvalue weighted by molar-refractivity contribution is 5.73. The summed E-state index contributed by atoms with van der Waals surface area (Å²) in [5.74, 6) is 0.883. The van der Waals surface area contributed by atoms with Gasteiger partial charge in [0.1, 0.15) is 0 Å². The van der Waals surface area contributed by atoms with E-state index >= 15 is 0 Å². The first-order valence-corrected chi connectivity index (χ1v) is 5.09. The average molecular weight is 181 g/mol. The quantitative estimate of drug-likeness (QED) is 0.598. The molecule has 1 unspecified atom stereocenters. The highest BCUT2D eigenvalue weighted by Crippen LogP contribution is 2.21. The number of carbonyl (C=O) groups is 1. The fourth-order valence-electron chi connectivity index (χ4n) is 1.68. The Balaban J connectivity index is 2.52. The van der Waals surface area contributed by atoms with Crippen LogP contribution in [0.25, 0.3) is 0 Å². The van der Waals surface area contributed by atoms with Crippen molar-refractivity contribution in [2.24, 2.45) is 5.92 Å². The van der Waals surface area contributed by atoms with E-state index in [4.69, 9.17) is 0 Å². The molecule has 1 aliphatic heterocycles. The van der Waals surface area contributed by atoms with Gasteiger partial charge < -0.3 is 4.90 Å². The van der Waals surface area contributed by atoms with Crippen molar-refractivity contribution in [2.75, 3.05) is 13.1 Å². The summed E-state index contributed by atoms with van der Waals surface area (Å²) in [4.78, 5) is 12.9. The van der Waals surface area contributed by atoms with Crippen LogP contribution < -0.4 is 0 Å². The van der Waals surface area contributed by atoms with Gasteiger partial charge in [-0.15, -0.1) is 0 Å². The molecule has 0 aromatic carbocycles. The van der Waals surface area contributed by atoms with Crippen LogP contribution in [0.1, 0.15) is 33.6 Å². The van der Waals surface area contributed by atoms with Gasteiger partial charge in [-0.05, 0) is 18.8 Å². The lowest BCUT2D eigenvalue weighted by molar-refractivity contribution is -0.128. The summed E-state index contributed by atoms with van der Waals surface area (Å²) in [6.45, 7) is 7.83. The van der Waals surface area contributed by atoms with Crippen LogP contribution in [0.5, 0.6) is 0 Å². The van der Waals surface area contributed by atoms with Gasteiger partial charge in [-0.1, -0.05) is 25.5 Å². The monoisotopic (exact) mass is 181 g/mol. The number of carbonyl (C=O) groups excluding carboxylic acids is 1. The van der Waals surface area contributed by atoms with Crippen LogP contribution in [0.4, 0.5) is 0 Å². The summed E-state index contributed by atoms with van der Waals surface area (Å²) in [6, 6.07) is 0. The molecular formula is C11H19NO. The van der Waals surface area contributed by atoms with Crippen molar-refractivity contribution in [2.45, 2.75) is 33.6 Å². The summed E-state index contributed by atoms with van der Waals surface area (Å²) in [5, 5.41) is 0. The van der Waals surface area contributed by atoms with E-state index in [1.54, 1.807) is 6.92 Å². The molecule has 1 amide bonds. The van der Waals surface area contributed by atoms with E-state index in [9.17, 15) is 4.79 Å². The third-order valence-electron chi connectivity index (χ3n) is 2.93. The van der Waals surface area contributed by atoms with Crippen molar-refractivity contribution in [1.29, 1.82) is 0 Å². The van der Waals surface area contributed by atoms with Crippen molar-refractivity contribution in [3.63, 3.8) is 0 Å². The van der Waals surface area contributed by atoms with Crippen LogP contribution in [0, 0.1) is 5.92 Å². The molecule has 74 valence electrons. The Morgan fingerprint density at radius 1 is 1.69 bits per heavy atom. The Morgan fingerprint density at radius 3 is 2.77 bits per heavy atom. The predicted molar refractivity (Wildman–Crippen MR) is 54.4 cm³/mol. The summed E-state index contributed by atoms with van der Waals surface area (Å²) < 4.78 is 0. The predicted octanol–water partition coefficient (Wildman–Crippen LogP) is 2.21. The van der Waals surface area contributed by atoms with E-state index < -0.39 is 0 Å². The van der Waals surface area contributed by atoms with Crippen LogP contribution in [-0.2, 0) is 4.79 Å². The minimum atomic E-state index is 0.194. The lowest BCUT2D eigenvalue weighted by Gasteiger charge is -2.27. The number of rotatable bonds is 2. The first-order valence-electron chi connectivity index (χ1n) is 5.09. The molecule has 2 heteroatoms. The Bertz CT molecular complexity index is 220. The lowest BCUT2D eigenvalue weighted by Crippen LogP contribution is -2.33. The van der Waals surface area contributed by atoms with Gasteiger partial charge in [-0.3, -0.25) is 4.79 Å². The van der Waals surface area contributed by atoms with Gasteiger partial charge in [-0.25, -0.2) is 0 Å². The van der Waals surface area contributed by atoms with Gasteiger partial charge in [0.2, 0.25) is 5.91 Å². The molecular weight excluding hydrogens is 162 g/mol. The highest BCUT2D eigenvalue weighted by Gasteiger charge is 2.16. The third kappa shape index (κ3) is 2.58. The van der Waals surface area contributed by atoms with Crippen molar-refractivity contribution < 1.29 is 4.79 Å². The SMILES string of the molecule is CCC(C)C1=CCN(C(C)=O)CC1. The van der Waals surface area contributed by atoms with Crippen molar-refractivity contribution in [3.05, 3.63) is 11.6 Å². The molecule has 1 rings (SSSR count). The standard InChI is InChI=1S/C11H19NO/c1-4-9(2)11-5-7-12(8-6-11)10(3)13/h5,9H,4,6-8H2,1-3H3. The van der Waals surface area contributed by atoms with E-state index in [-0.39, 0.29) is 5.91 Å². The molecule has 1 heterocycles. The molecule has 0 saturated carbocycles. The van der Waals surface area contributed by atoms with Crippen molar-refractivity contribution in [1.82, 2.24) is 4.90 Å². The van der Waals surface area contributed by atoms with Gasteiger partial charge in [-0.2, -0.15) is 0 Å². The maximum atomic E-state index is 11.0. The summed E-state index contributed by atoms with van der Waals surface area (Å²) in [5.41, 5.74) is 1.53. The molecule has 1 atom stereocenters. The first-order chi connectivity index (χ1) is 6.15. The molecule has 2 nitrogen and oxygen atoms in total. The molecule has 13 heavy (non-hydrogen) atoms. The molecule has 0 aromatic heterocycles. The van der Waals surface area contributed by atoms with Gasteiger partial charge >= 0.3 is 0 Å². The van der Waals surface area contributed by atoms with E-state index in [1.165, 1.54) is 12.0 Å². The molecule has 0 radical (unpaired) electrons. The molecule has 1 aliphatic rings. The van der Waals surface area contributed by atoms with E-state index in [2.05, 4.69) is 19.9 Å². The van der Waals surface area contributed by atoms with Gasteiger partial charge in [0.05, 0.1) is 0 Å². The second-order valence-corrected chi connectivity index (χ2v) is 3.80. The summed E-state index contributed by atoms with van der Waals surface area (Å²) in [7, 11) is 0. The minimum Gasteiger partial charge on any atom is -0.339 e. The first kappa shape index (κ1) is 10.3. The minimum absolute atomic E-state index is 0.194. The molecule has 0 fully saturated rings. The summed E-state index contributed by atoms with van der Waals surface area (Å²) in [6.07, 6.45) is 4.49. The van der Waals surface area contributed by atoms with Gasteiger partial charge in [0.15, 0.2) is 0 Å². The maximum Gasteiger partial charge on any atom is 0.219 e. The van der Waals surface area contributed by atoms with Crippen molar-refractivity contribution in [3.8, 4) is 0 Å². The molecule has 0 aliphatic carbocycles. The molecule has 0 N–H and O–H groups in total. The third-order valence-corrected chi connectivity index (χ3v) is 2.93. The lowest BCUT2D eigenvalue weighted by atomic mass is 9.93. The fourth-order valence-corrected chi connectivity index (χ4v) is 1.68. The second kappa shape index (κ2) is 4.45. The largest absolute Gasteiger partial charge is 0.339 e. The fraction of sp³-hybridized carbons (Fsp3) is 0.727. The van der Waals surface area contributed by atoms with Crippen LogP contribution in [0.15, 0.2) is 11.6 Å². The van der Waals surface area contributed by atoms with Gasteiger partial charge in [0.25, 0.3) is 0 Å². The van der Waals surface area contributed by atoms with Crippen molar-refractivity contribution >= 4 is 5.91 Å². The zero-order chi connectivity index (χ0) is 9.84. The number of amides is 1. The summed E-state index contributed by atoms with van der Waals surface area (Å²) >= 11 is 0. The van der Waals surface area contributed by atoms with E-state index in [0.717, 1.165) is 19.5 Å². The molecule has 0 bridgehead atoms. The molecule has 0 aromatic rings. The second-order valence-electron chi connectivity index (χ2n) is 3.80. The molecule has 0 saturated heterocycles. The topological polar surface area (TPSA) is 20.3 Å². The van der Waals surface area contributed by atoms with Crippen LogP contribution in [0.2, 0.25) is 0 Å². The van der Waals surface area contributed by atoms with Crippen LogP contribution in [0.3, 0.4) is 0 Å². The molecule has 0 spiro atoms. The number of hydrogen-bond donors (Lipinski definition) is 0. The number of hydrogen-bond acceptors (Lipinski definition) is 1. The Labute approximate surface area is 80.6 Å². The van der Waals surface area contributed by atoms with Gasteiger partial charge in [0, 0.05) is 20.0 Å². The smallest absolute Gasteiger partial charge is 0.219 e. The Hall–Kier alpha value is -0.790. The highest BCUT2D eigenvalue weighted by atomic mass is 16.2. The zero-order valence-electron chi connectivity index (χ0n) is 8.84. The maximum absolute atomic E-state index is 11.0. The average Bonchev–Trinajstić information content (AvgIpc) is 2.17. The van der Waals surface area contributed by atoms with Crippen LogP contribution >= 0.6 is 0 Å². The zero-order valence-corrected chi connectivity index (χ0v) is 8.84. The van der Waals surface area contributed by atoms with E-state index in [1.807, 2.05) is 4.90 Å². The number of nitrogens with zero attached hydrogens (tertiary/aromatic N) is 1. The Kier molecular flexibility index (Phi) is 3.52. The Morgan fingerprint density at radius 2 is 2.38 bits per heavy atom. The van der Waals surface area contributed by atoms with E-state index in [0.29, 0.717) is 5.92 Å². The van der Waals surface area contributed by atoms with Crippen LogP contribution in [-0.4, -0.2) is 23.9 Å². The normalized spacial score (nSPS) is 19.6.